The van der Waals surface area contributed by atoms with E-state index in [1.54, 1.807) is 31.6 Å². The standard InChI is InChI=1S/C17H20N4O2/c1-17(2,11-18-3)13-5-6-14(20-10-13)21-15-9-12(7-8-19-15)16(22)23-4/h5-11H,1-4H3,(H,19,20,21). The molecule has 0 radical (unpaired) electrons. The average molecular weight is 312 g/mol. The number of aromatic nitrogens is 2. The second-order valence-corrected chi connectivity index (χ2v) is 5.59. The van der Waals surface area contributed by atoms with Crippen LogP contribution in [0.5, 0.6) is 0 Å². The van der Waals surface area contributed by atoms with Gasteiger partial charge >= 0.3 is 5.97 Å². The van der Waals surface area contributed by atoms with E-state index in [4.69, 9.17) is 4.74 Å². The molecule has 2 aromatic rings. The summed E-state index contributed by atoms with van der Waals surface area (Å²) in [7, 11) is 3.10. The number of pyridine rings is 2. The molecular formula is C17H20N4O2. The van der Waals surface area contributed by atoms with E-state index in [0.717, 1.165) is 5.56 Å². The van der Waals surface area contributed by atoms with Crippen LogP contribution in [0.1, 0.15) is 29.8 Å². The van der Waals surface area contributed by atoms with Crippen molar-refractivity contribution in [2.75, 3.05) is 19.5 Å². The van der Waals surface area contributed by atoms with Crippen LogP contribution < -0.4 is 5.32 Å². The Hall–Kier alpha value is -2.76. The van der Waals surface area contributed by atoms with E-state index in [2.05, 4.69) is 34.1 Å². The normalized spacial score (nSPS) is 11.5. The maximum atomic E-state index is 11.5. The van der Waals surface area contributed by atoms with Crippen molar-refractivity contribution in [1.29, 1.82) is 0 Å². The zero-order valence-corrected chi connectivity index (χ0v) is 13.7. The summed E-state index contributed by atoms with van der Waals surface area (Å²) >= 11 is 0. The molecule has 2 heterocycles. The predicted molar refractivity (Wildman–Crippen MR) is 90.5 cm³/mol. The predicted octanol–water partition coefficient (Wildman–Crippen LogP) is 2.99. The first kappa shape index (κ1) is 16.6. The van der Waals surface area contributed by atoms with Crippen LogP contribution in [0.3, 0.4) is 0 Å². The first-order valence-electron chi connectivity index (χ1n) is 7.17. The Bertz CT molecular complexity index is 709. The van der Waals surface area contributed by atoms with E-state index in [1.165, 1.54) is 7.11 Å². The number of hydrogen-bond donors (Lipinski definition) is 1. The molecule has 23 heavy (non-hydrogen) atoms. The van der Waals surface area contributed by atoms with E-state index in [0.29, 0.717) is 17.2 Å². The van der Waals surface area contributed by atoms with Gasteiger partial charge in [-0.05, 0) is 23.8 Å². The van der Waals surface area contributed by atoms with Gasteiger partial charge in [0, 0.05) is 31.1 Å². The fraction of sp³-hybridized carbons (Fsp3) is 0.294. The van der Waals surface area contributed by atoms with Gasteiger partial charge in [-0.15, -0.1) is 0 Å². The van der Waals surface area contributed by atoms with Crippen molar-refractivity contribution in [3.05, 3.63) is 47.8 Å². The molecule has 0 saturated heterocycles. The molecule has 6 nitrogen and oxygen atoms in total. The Balaban J connectivity index is 2.17. The van der Waals surface area contributed by atoms with Crippen LogP contribution in [0.4, 0.5) is 11.6 Å². The summed E-state index contributed by atoms with van der Waals surface area (Å²) in [5.74, 6) is 0.773. The van der Waals surface area contributed by atoms with Gasteiger partial charge in [-0.3, -0.25) is 4.99 Å². The molecule has 120 valence electrons. The molecule has 0 aromatic carbocycles. The number of rotatable bonds is 5. The van der Waals surface area contributed by atoms with Crippen LogP contribution >= 0.6 is 0 Å². The lowest BCUT2D eigenvalue weighted by molar-refractivity contribution is 0.0600. The number of ether oxygens (including phenoxy) is 1. The smallest absolute Gasteiger partial charge is 0.338 e. The number of carbonyl (C=O) groups is 1. The highest BCUT2D eigenvalue weighted by Crippen LogP contribution is 2.22. The molecule has 2 aromatic heterocycles. The molecule has 0 atom stereocenters. The maximum absolute atomic E-state index is 11.5. The summed E-state index contributed by atoms with van der Waals surface area (Å²) in [6.07, 6.45) is 5.23. The third-order valence-electron chi connectivity index (χ3n) is 3.40. The van der Waals surface area contributed by atoms with Crippen LogP contribution in [0.25, 0.3) is 0 Å². The fourth-order valence-corrected chi connectivity index (χ4v) is 2.12. The SMILES string of the molecule is CN=CC(C)(C)c1ccc(Nc2cc(C(=O)OC)ccn2)nc1. The third-order valence-corrected chi connectivity index (χ3v) is 3.40. The lowest BCUT2D eigenvalue weighted by Gasteiger charge is -2.19. The Labute approximate surface area is 135 Å². The van der Waals surface area contributed by atoms with Crippen molar-refractivity contribution in [3.63, 3.8) is 0 Å². The second-order valence-electron chi connectivity index (χ2n) is 5.59. The highest BCUT2D eigenvalue weighted by molar-refractivity contribution is 5.90. The van der Waals surface area contributed by atoms with Crippen molar-refractivity contribution in [1.82, 2.24) is 9.97 Å². The zero-order chi connectivity index (χ0) is 16.9. The van der Waals surface area contributed by atoms with E-state index >= 15 is 0 Å². The van der Waals surface area contributed by atoms with Crippen molar-refractivity contribution < 1.29 is 9.53 Å². The maximum Gasteiger partial charge on any atom is 0.338 e. The lowest BCUT2D eigenvalue weighted by atomic mass is 9.87. The number of methoxy groups -OCH3 is 1. The minimum Gasteiger partial charge on any atom is -0.465 e. The minimum atomic E-state index is -0.403. The van der Waals surface area contributed by atoms with Gasteiger partial charge in [-0.2, -0.15) is 0 Å². The van der Waals surface area contributed by atoms with Gasteiger partial charge in [0.15, 0.2) is 0 Å². The van der Waals surface area contributed by atoms with Crippen LogP contribution in [0.2, 0.25) is 0 Å². The summed E-state index contributed by atoms with van der Waals surface area (Å²) < 4.78 is 4.70. The number of hydrogen-bond acceptors (Lipinski definition) is 6. The van der Waals surface area contributed by atoms with Crippen LogP contribution in [0, 0.1) is 0 Å². The zero-order valence-electron chi connectivity index (χ0n) is 13.7. The molecule has 0 amide bonds. The first-order valence-corrected chi connectivity index (χ1v) is 7.17. The van der Waals surface area contributed by atoms with E-state index in [-0.39, 0.29) is 5.41 Å². The van der Waals surface area contributed by atoms with Gasteiger partial charge in [0.1, 0.15) is 11.6 Å². The molecule has 6 heteroatoms. The van der Waals surface area contributed by atoms with Gasteiger partial charge in [0.25, 0.3) is 0 Å². The van der Waals surface area contributed by atoms with Gasteiger partial charge in [-0.1, -0.05) is 19.9 Å². The van der Waals surface area contributed by atoms with E-state index in [1.807, 2.05) is 18.3 Å². The second kappa shape index (κ2) is 7.00. The molecule has 0 aliphatic heterocycles. The molecular weight excluding hydrogens is 292 g/mol. The number of esters is 1. The van der Waals surface area contributed by atoms with Crippen LogP contribution in [-0.2, 0) is 10.2 Å². The quantitative estimate of drug-likeness (QED) is 0.678. The van der Waals surface area contributed by atoms with Crippen molar-refractivity contribution in [3.8, 4) is 0 Å². The molecule has 2 rings (SSSR count). The fourth-order valence-electron chi connectivity index (χ4n) is 2.12. The molecule has 0 fully saturated rings. The van der Waals surface area contributed by atoms with Crippen LogP contribution in [-0.4, -0.2) is 36.3 Å². The molecule has 0 spiro atoms. The van der Waals surface area contributed by atoms with Crippen molar-refractivity contribution in [2.24, 2.45) is 4.99 Å². The summed E-state index contributed by atoms with van der Waals surface area (Å²) in [6.45, 7) is 4.15. The Morgan fingerprint density at radius 3 is 2.65 bits per heavy atom. The number of aliphatic imine (C=N–C) groups is 1. The number of nitrogens with one attached hydrogen (secondary N) is 1. The van der Waals surface area contributed by atoms with Gasteiger partial charge in [-0.25, -0.2) is 14.8 Å². The molecule has 1 N–H and O–H groups in total. The Morgan fingerprint density at radius 2 is 2.04 bits per heavy atom. The topological polar surface area (TPSA) is 76.5 Å². The Kier molecular flexibility index (Phi) is 5.05. The van der Waals surface area contributed by atoms with E-state index in [9.17, 15) is 4.79 Å². The number of carbonyl (C=O) groups excluding carboxylic acids is 1. The largest absolute Gasteiger partial charge is 0.465 e. The third kappa shape index (κ3) is 4.12. The summed E-state index contributed by atoms with van der Waals surface area (Å²) in [6, 6.07) is 7.07. The highest BCUT2D eigenvalue weighted by atomic mass is 16.5. The number of nitrogens with zero attached hydrogens (tertiary/aromatic N) is 3. The monoisotopic (exact) mass is 312 g/mol. The van der Waals surface area contributed by atoms with Crippen LogP contribution in [0.15, 0.2) is 41.7 Å². The highest BCUT2D eigenvalue weighted by Gasteiger charge is 2.18. The molecule has 0 saturated carbocycles. The molecule has 0 unspecified atom stereocenters. The molecule has 0 bridgehead atoms. The first-order chi connectivity index (χ1) is 11.0. The molecule has 0 aliphatic rings. The van der Waals surface area contributed by atoms with Crippen molar-refractivity contribution >= 4 is 23.8 Å². The summed E-state index contributed by atoms with van der Waals surface area (Å²) in [5.41, 5.74) is 1.32. The summed E-state index contributed by atoms with van der Waals surface area (Å²) in [4.78, 5) is 24.2. The van der Waals surface area contributed by atoms with Gasteiger partial charge in [0.05, 0.1) is 12.7 Å². The lowest BCUT2D eigenvalue weighted by Crippen LogP contribution is -2.19. The van der Waals surface area contributed by atoms with Gasteiger partial charge < -0.3 is 10.1 Å². The van der Waals surface area contributed by atoms with Gasteiger partial charge in [0.2, 0.25) is 0 Å². The summed E-state index contributed by atoms with van der Waals surface area (Å²) in [5, 5.41) is 3.07. The Morgan fingerprint density at radius 1 is 1.26 bits per heavy atom. The minimum absolute atomic E-state index is 0.177. The van der Waals surface area contributed by atoms with Crippen molar-refractivity contribution in [2.45, 2.75) is 19.3 Å². The number of anilines is 2. The average Bonchev–Trinajstić information content (AvgIpc) is 2.55. The van der Waals surface area contributed by atoms with E-state index < -0.39 is 5.97 Å². The molecule has 0 aliphatic carbocycles.